The largest absolute Gasteiger partial charge is 0.268 e. The van der Waals surface area contributed by atoms with Crippen molar-refractivity contribution in [3.63, 3.8) is 0 Å². The molecule has 0 aliphatic carbocycles. The number of hydrogen-bond acceptors (Lipinski definition) is 2. The molecule has 0 saturated carbocycles. The van der Waals surface area contributed by atoms with Crippen LogP contribution < -0.4 is 5.56 Å². The molecule has 0 aliphatic heterocycles. The van der Waals surface area contributed by atoms with Crippen molar-refractivity contribution in [1.29, 1.82) is 0 Å². The minimum absolute atomic E-state index is 0.0575. The van der Waals surface area contributed by atoms with Gasteiger partial charge >= 0.3 is 0 Å². The molecule has 124 valence electrons. The van der Waals surface area contributed by atoms with E-state index >= 15 is 0 Å². The van der Waals surface area contributed by atoms with Crippen LogP contribution in [0.2, 0.25) is 5.02 Å². The molecule has 7 heteroatoms. The average Bonchev–Trinajstić information content (AvgIpc) is 2.49. The van der Waals surface area contributed by atoms with Crippen molar-refractivity contribution in [1.82, 2.24) is 9.55 Å². The fourth-order valence-electron chi connectivity index (χ4n) is 2.61. The molecule has 3 rings (SSSR count). The molecule has 0 aliphatic rings. The lowest BCUT2D eigenvalue weighted by Gasteiger charge is -2.15. The second-order valence-electron chi connectivity index (χ2n) is 5.27. The van der Waals surface area contributed by atoms with Crippen LogP contribution in [0.25, 0.3) is 16.6 Å². The summed E-state index contributed by atoms with van der Waals surface area (Å²) in [6.07, 6.45) is 0.914. The quantitative estimate of drug-likeness (QED) is 0.700. The van der Waals surface area contributed by atoms with E-state index in [-0.39, 0.29) is 16.2 Å². The second kappa shape index (κ2) is 6.28. The Labute approximate surface area is 140 Å². The van der Waals surface area contributed by atoms with Crippen LogP contribution in [-0.4, -0.2) is 9.55 Å². The average molecular weight is 353 g/mol. The van der Waals surface area contributed by atoms with Crippen molar-refractivity contribution >= 4 is 22.5 Å². The lowest BCUT2D eigenvalue weighted by molar-refractivity contribution is 0.528. The van der Waals surface area contributed by atoms with Gasteiger partial charge in [0, 0.05) is 18.6 Å². The number of nitrogens with zero attached hydrogens (tertiary/aromatic N) is 2. The molecule has 0 unspecified atom stereocenters. The molecule has 0 N–H and O–H groups in total. The van der Waals surface area contributed by atoms with E-state index in [4.69, 9.17) is 11.6 Å². The first kappa shape index (κ1) is 16.5. The Balaban J connectivity index is 2.47. The maximum Gasteiger partial charge on any atom is 0.267 e. The molecule has 0 atom stereocenters. The van der Waals surface area contributed by atoms with Gasteiger partial charge in [-0.1, -0.05) is 24.6 Å². The van der Waals surface area contributed by atoms with E-state index in [0.29, 0.717) is 30.5 Å². The minimum atomic E-state index is -1.18. The number of benzene rings is 2. The van der Waals surface area contributed by atoms with Gasteiger partial charge in [-0.3, -0.25) is 9.36 Å². The Morgan fingerprint density at radius 1 is 1.17 bits per heavy atom. The summed E-state index contributed by atoms with van der Waals surface area (Å²) in [6.45, 7) is 1.84. The van der Waals surface area contributed by atoms with Crippen LogP contribution in [-0.2, 0) is 6.42 Å². The highest BCUT2D eigenvalue weighted by atomic mass is 35.5. The van der Waals surface area contributed by atoms with Gasteiger partial charge in [-0.25, -0.2) is 18.2 Å². The summed E-state index contributed by atoms with van der Waals surface area (Å²) in [4.78, 5) is 17.2. The first-order valence-corrected chi connectivity index (χ1v) is 7.67. The van der Waals surface area contributed by atoms with Crippen LogP contribution in [0.4, 0.5) is 13.2 Å². The number of aryl methyl sites for hydroxylation is 1. The monoisotopic (exact) mass is 352 g/mol. The molecule has 0 radical (unpaired) electrons. The molecule has 0 saturated heterocycles. The number of rotatable bonds is 3. The van der Waals surface area contributed by atoms with E-state index in [2.05, 4.69) is 4.98 Å². The number of aromatic nitrogens is 2. The van der Waals surface area contributed by atoms with Gasteiger partial charge in [0.05, 0.1) is 15.9 Å². The SMILES string of the molecule is CCCc1nc2cccc(Cl)c2c(=O)n1-c1c(F)cc(F)cc1F. The second-order valence-corrected chi connectivity index (χ2v) is 5.68. The topological polar surface area (TPSA) is 34.9 Å². The van der Waals surface area contributed by atoms with Gasteiger partial charge in [0.25, 0.3) is 5.56 Å². The molecule has 2 aromatic carbocycles. The van der Waals surface area contributed by atoms with E-state index in [9.17, 15) is 18.0 Å². The molecule has 1 aromatic heterocycles. The summed E-state index contributed by atoms with van der Waals surface area (Å²) >= 11 is 6.06. The Bertz CT molecular complexity index is 978. The normalized spacial score (nSPS) is 11.2. The van der Waals surface area contributed by atoms with Crippen molar-refractivity contribution in [2.24, 2.45) is 0 Å². The number of fused-ring (bicyclic) bond motifs is 1. The summed E-state index contributed by atoms with van der Waals surface area (Å²) in [5.41, 5.74) is -1.01. The summed E-state index contributed by atoms with van der Waals surface area (Å²) in [5, 5.41) is 0.187. The molecule has 3 aromatic rings. The number of halogens is 4. The molecule has 0 spiro atoms. The van der Waals surface area contributed by atoms with Gasteiger partial charge in [-0.2, -0.15) is 0 Å². The predicted molar refractivity (Wildman–Crippen MR) is 86.2 cm³/mol. The predicted octanol–water partition coefficient (Wildman–Crippen LogP) is 4.41. The van der Waals surface area contributed by atoms with Gasteiger partial charge < -0.3 is 0 Å². The molecule has 0 amide bonds. The maximum atomic E-state index is 14.2. The Morgan fingerprint density at radius 2 is 1.83 bits per heavy atom. The smallest absolute Gasteiger partial charge is 0.267 e. The van der Waals surface area contributed by atoms with Crippen LogP contribution >= 0.6 is 11.6 Å². The zero-order valence-corrected chi connectivity index (χ0v) is 13.4. The maximum absolute atomic E-state index is 14.2. The molecule has 24 heavy (non-hydrogen) atoms. The van der Waals surface area contributed by atoms with E-state index in [1.807, 2.05) is 6.92 Å². The Morgan fingerprint density at radius 3 is 2.46 bits per heavy atom. The summed E-state index contributed by atoms with van der Waals surface area (Å²) in [7, 11) is 0. The van der Waals surface area contributed by atoms with E-state index in [1.54, 1.807) is 12.1 Å². The summed E-state index contributed by atoms with van der Waals surface area (Å²) < 4.78 is 42.4. The highest BCUT2D eigenvalue weighted by molar-refractivity contribution is 6.35. The fraction of sp³-hybridized carbons (Fsp3) is 0.176. The molecular weight excluding hydrogens is 341 g/mol. The van der Waals surface area contributed by atoms with E-state index in [1.165, 1.54) is 6.07 Å². The first-order valence-electron chi connectivity index (χ1n) is 7.29. The van der Waals surface area contributed by atoms with Gasteiger partial charge in [-0.15, -0.1) is 0 Å². The highest BCUT2D eigenvalue weighted by Gasteiger charge is 2.21. The van der Waals surface area contributed by atoms with Gasteiger partial charge in [0.15, 0.2) is 11.6 Å². The third kappa shape index (κ3) is 2.67. The Hall–Kier alpha value is -2.34. The third-order valence-electron chi connectivity index (χ3n) is 3.60. The van der Waals surface area contributed by atoms with Crippen molar-refractivity contribution in [2.75, 3.05) is 0 Å². The molecule has 3 nitrogen and oxygen atoms in total. The summed E-state index contributed by atoms with van der Waals surface area (Å²) in [6, 6.07) is 5.78. The fourth-order valence-corrected chi connectivity index (χ4v) is 2.86. The van der Waals surface area contributed by atoms with Crippen LogP contribution in [0, 0.1) is 17.5 Å². The first-order chi connectivity index (χ1) is 11.4. The minimum Gasteiger partial charge on any atom is -0.268 e. The standard InChI is InChI=1S/C17H12ClF3N2O/c1-2-4-14-22-13-6-3-5-10(18)15(13)17(24)23(14)16-11(20)7-9(19)8-12(16)21/h3,5-8H,2,4H2,1H3. The van der Waals surface area contributed by atoms with Crippen molar-refractivity contribution in [3.8, 4) is 5.69 Å². The van der Waals surface area contributed by atoms with E-state index in [0.717, 1.165) is 4.57 Å². The lowest BCUT2D eigenvalue weighted by Crippen LogP contribution is -2.26. The van der Waals surface area contributed by atoms with Gasteiger partial charge in [0.1, 0.15) is 17.3 Å². The molecule has 1 heterocycles. The Kier molecular flexibility index (Phi) is 4.32. The van der Waals surface area contributed by atoms with Crippen LogP contribution in [0.15, 0.2) is 35.1 Å². The summed E-state index contributed by atoms with van der Waals surface area (Å²) in [5.74, 6) is -3.24. The van der Waals surface area contributed by atoms with Crippen molar-refractivity contribution in [3.05, 3.63) is 69.0 Å². The zero-order chi connectivity index (χ0) is 17.4. The highest BCUT2D eigenvalue weighted by Crippen LogP contribution is 2.24. The molecule has 0 fully saturated rings. The van der Waals surface area contributed by atoms with Gasteiger partial charge in [-0.05, 0) is 18.6 Å². The number of hydrogen-bond donors (Lipinski definition) is 0. The third-order valence-corrected chi connectivity index (χ3v) is 3.91. The van der Waals surface area contributed by atoms with Crippen LogP contribution in [0.1, 0.15) is 19.2 Å². The van der Waals surface area contributed by atoms with E-state index < -0.39 is 28.7 Å². The van der Waals surface area contributed by atoms with Crippen molar-refractivity contribution < 1.29 is 13.2 Å². The zero-order valence-electron chi connectivity index (χ0n) is 12.6. The molecule has 0 bridgehead atoms. The van der Waals surface area contributed by atoms with Crippen LogP contribution in [0.5, 0.6) is 0 Å². The van der Waals surface area contributed by atoms with Crippen LogP contribution in [0.3, 0.4) is 0 Å². The molecular formula is C17H12ClF3N2O. The lowest BCUT2D eigenvalue weighted by atomic mass is 10.2. The van der Waals surface area contributed by atoms with Crippen molar-refractivity contribution in [2.45, 2.75) is 19.8 Å². The van der Waals surface area contributed by atoms with Gasteiger partial charge in [0.2, 0.25) is 0 Å².